The zero-order chi connectivity index (χ0) is 23.3. The predicted molar refractivity (Wildman–Crippen MR) is 123 cm³/mol. The highest BCUT2D eigenvalue weighted by Crippen LogP contribution is 2.35. The van der Waals surface area contributed by atoms with Crippen LogP contribution in [0.3, 0.4) is 0 Å². The topological polar surface area (TPSA) is 87.7 Å². The zero-order valence-electron chi connectivity index (χ0n) is 18.3. The fourth-order valence-electron chi connectivity index (χ4n) is 3.96. The van der Waals surface area contributed by atoms with Gasteiger partial charge < -0.3 is 15.4 Å². The minimum Gasteiger partial charge on any atom is -0.497 e. The maximum absolute atomic E-state index is 13.6. The van der Waals surface area contributed by atoms with Gasteiger partial charge in [-0.05, 0) is 28.8 Å². The standard InChI is InChI=1S/C26H25N3O4/c1-33-22-14-12-19(13-15-22)18-27-23(30)16-17-29-24(31)26(28-25(29)32,20-8-4-2-5-9-20)21-10-6-3-7-11-21/h2-15H,16-18H2,1H3,(H,27,30)(H,28,32). The number of rotatable bonds is 8. The number of benzene rings is 3. The van der Waals surface area contributed by atoms with Crippen LogP contribution in [0, 0.1) is 0 Å². The molecular formula is C26H25N3O4. The molecule has 0 saturated carbocycles. The first kappa shape index (κ1) is 22.1. The lowest BCUT2D eigenvalue weighted by molar-refractivity contribution is -0.130. The average molecular weight is 444 g/mol. The maximum Gasteiger partial charge on any atom is 0.325 e. The molecule has 2 N–H and O–H groups in total. The smallest absolute Gasteiger partial charge is 0.325 e. The van der Waals surface area contributed by atoms with E-state index in [2.05, 4.69) is 10.6 Å². The van der Waals surface area contributed by atoms with E-state index >= 15 is 0 Å². The van der Waals surface area contributed by atoms with Crippen LogP contribution in [0.2, 0.25) is 0 Å². The van der Waals surface area contributed by atoms with E-state index in [9.17, 15) is 14.4 Å². The van der Waals surface area contributed by atoms with Crippen LogP contribution in [-0.2, 0) is 21.7 Å². The summed E-state index contributed by atoms with van der Waals surface area (Å²) in [5, 5.41) is 5.71. The molecule has 7 nitrogen and oxygen atoms in total. The Bertz CT molecular complexity index is 1090. The molecule has 0 atom stereocenters. The van der Waals surface area contributed by atoms with Gasteiger partial charge in [0.25, 0.3) is 5.91 Å². The number of nitrogens with one attached hydrogen (secondary N) is 2. The van der Waals surface area contributed by atoms with Gasteiger partial charge in [-0.1, -0.05) is 72.8 Å². The molecule has 1 heterocycles. The summed E-state index contributed by atoms with van der Waals surface area (Å²) in [4.78, 5) is 40.0. The quantitative estimate of drug-likeness (QED) is 0.524. The lowest BCUT2D eigenvalue weighted by Crippen LogP contribution is -2.45. The first-order valence-corrected chi connectivity index (χ1v) is 10.7. The highest BCUT2D eigenvalue weighted by molar-refractivity contribution is 6.09. The Morgan fingerprint density at radius 2 is 1.48 bits per heavy atom. The van der Waals surface area contributed by atoms with Crippen LogP contribution in [0.1, 0.15) is 23.1 Å². The lowest BCUT2D eigenvalue weighted by Gasteiger charge is -2.28. The third-order valence-electron chi connectivity index (χ3n) is 5.73. The molecule has 0 unspecified atom stereocenters. The minimum atomic E-state index is -1.32. The second kappa shape index (κ2) is 9.56. The molecule has 0 aromatic heterocycles. The van der Waals surface area contributed by atoms with Crippen LogP contribution in [0.5, 0.6) is 5.75 Å². The van der Waals surface area contributed by atoms with Gasteiger partial charge in [-0.3, -0.25) is 14.5 Å². The van der Waals surface area contributed by atoms with Gasteiger partial charge in [0.15, 0.2) is 5.54 Å². The fourth-order valence-corrected chi connectivity index (χ4v) is 3.96. The highest BCUT2D eigenvalue weighted by Gasteiger charge is 2.53. The second-order valence-corrected chi connectivity index (χ2v) is 7.74. The molecule has 0 spiro atoms. The van der Waals surface area contributed by atoms with Crippen molar-refractivity contribution in [2.75, 3.05) is 13.7 Å². The molecule has 0 radical (unpaired) electrons. The molecule has 33 heavy (non-hydrogen) atoms. The monoisotopic (exact) mass is 443 g/mol. The van der Waals surface area contributed by atoms with Crippen LogP contribution in [0.15, 0.2) is 84.9 Å². The van der Waals surface area contributed by atoms with Crippen molar-refractivity contribution in [1.29, 1.82) is 0 Å². The van der Waals surface area contributed by atoms with E-state index in [0.717, 1.165) is 16.2 Å². The number of ether oxygens (including phenoxy) is 1. The summed E-state index contributed by atoms with van der Waals surface area (Å²) >= 11 is 0. The normalized spacial score (nSPS) is 14.6. The van der Waals surface area contributed by atoms with Crippen molar-refractivity contribution in [2.24, 2.45) is 0 Å². The maximum atomic E-state index is 13.6. The molecule has 1 aliphatic rings. The second-order valence-electron chi connectivity index (χ2n) is 7.74. The van der Waals surface area contributed by atoms with Crippen molar-refractivity contribution in [3.63, 3.8) is 0 Å². The average Bonchev–Trinajstić information content (AvgIpc) is 3.13. The van der Waals surface area contributed by atoms with E-state index in [1.165, 1.54) is 0 Å². The van der Waals surface area contributed by atoms with Crippen molar-refractivity contribution in [2.45, 2.75) is 18.5 Å². The first-order chi connectivity index (χ1) is 16.0. The fraction of sp³-hybridized carbons (Fsp3) is 0.192. The van der Waals surface area contributed by atoms with E-state index in [1.54, 1.807) is 7.11 Å². The summed E-state index contributed by atoms with van der Waals surface area (Å²) in [6, 6.07) is 25.1. The summed E-state index contributed by atoms with van der Waals surface area (Å²) in [6.07, 6.45) is 0.00890. The number of amides is 4. The molecule has 168 valence electrons. The molecule has 0 bridgehead atoms. The Hall–Kier alpha value is -4.13. The molecule has 7 heteroatoms. The van der Waals surface area contributed by atoms with Crippen LogP contribution < -0.4 is 15.4 Å². The Balaban J connectivity index is 1.46. The molecular weight excluding hydrogens is 418 g/mol. The van der Waals surface area contributed by atoms with Crippen LogP contribution in [-0.4, -0.2) is 36.4 Å². The number of imide groups is 1. The van der Waals surface area contributed by atoms with Crippen LogP contribution in [0.4, 0.5) is 4.79 Å². The van der Waals surface area contributed by atoms with Crippen molar-refractivity contribution >= 4 is 17.8 Å². The van der Waals surface area contributed by atoms with Crippen molar-refractivity contribution in [3.8, 4) is 5.75 Å². The Morgan fingerprint density at radius 3 is 2.03 bits per heavy atom. The zero-order valence-corrected chi connectivity index (χ0v) is 18.3. The van der Waals surface area contributed by atoms with E-state index in [0.29, 0.717) is 17.7 Å². The number of urea groups is 1. The predicted octanol–water partition coefficient (Wildman–Crippen LogP) is 3.20. The number of methoxy groups -OCH3 is 1. The van der Waals surface area contributed by atoms with E-state index < -0.39 is 17.5 Å². The van der Waals surface area contributed by atoms with Gasteiger partial charge in [-0.25, -0.2) is 4.79 Å². The lowest BCUT2D eigenvalue weighted by atomic mass is 9.82. The largest absolute Gasteiger partial charge is 0.497 e. The van der Waals surface area contributed by atoms with E-state index in [1.807, 2.05) is 84.9 Å². The van der Waals surface area contributed by atoms with Crippen LogP contribution in [0.25, 0.3) is 0 Å². The molecule has 1 aliphatic heterocycles. The van der Waals surface area contributed by atoms with Gasteiger partial charge in [0.05, 0.1) is 7.11 Å². The van der Waals surface area contributed by atoms with Gasteiger partial charge in [-0.15, -0.1) is 0 Å². The van der Waals surface area contributed by atoms with Crippen molar-refractivity contribution in [1.82, 2.24) is 15.5 Å². The van der Waals surface area contributed by atoms with Crippen molar-refractivity contribution < 1.29 is 19.1 Å². The molecule has 1 fully saturated rings. The first-order valence-electron chi connectivity index (χ1n) is 10.7. The molecule has 0 aliphatic carbocycles. The van der Waals surface area contributed by atoms with Gasteiger partial charge in [-0.2, -0.15) is 0 Å². The Morgan fingerprint density at radius 1 is 0.909 bits per heavy atom. The van der Waals surface area contributed by atoms with Gasteiger partial charge >= 0.3 is 6.03 Å². The SMILES string of the molecule is COc1ccc(CNC(=O)CCN2C(=O)NC(c3ccccc3)(c3ccccc3)C2=O)cc1. The Kier molecular flexibility index (Phi) is 6.40. The highest BCUT2D eigenvalue weighted by atomic mass is 16.5. The summed E-state index contributed by atoms with van der Waals surface area (Å²) in [5.74, 6) is 0.0974. The van der Waals surface area contributed by atoms with E-state index in [-0.39, 0.29) is 18.9 Å². The molecule has 1 saturated heterocycles. The molecule has 3 aromatic rings. The summed E-state index contributed by atoms with van der Waals surface area (Å²) in [6.45, 7) is 0.335. The third-order valence-corrected chi connectivity index (χ3v) is 5.73. The third kappa shape index (κ3) is 4.43. The van der Waals surface area contributed by atoms with Crippen LogP contribution >= 0.6 is 0 Å². The molecule has 4 rings (SSSR count). The molecule has 4 amide bonds. The number of hydrogen-bond acceptors (Lipinski definition) is 4. The minimum absolute atomic E-state index is 0.00890. The van der Waals surface area contributed by atoms with Gasteiger partial charge in [0.1, 0.15) is 5.75 Å². The van der Waals surface area contributed by atoms with Gasteiger partial charge in [0, 0.05) is 19.5 Å². The number of carbonyl (C=O) groups is 3. The number of nitrogens with zero attached hydrogens (tertiary/aromatic N) is 1. The number of carbonyl (C=O) groups excluding carboxylic acids is 3. The summed E-state index contributed by atoms with van der Waals surface area (Å²) in [7, 11) is 1.59. The summed E-state index contributed by atoms with van der Waals surface area (Å²) in [5.41, 5.74) is 0.937. The summed E-state index contributed by atoms with van der Waals surface area (Å²) < 4.78 is 5.13. The van der Waals surface area contributed by atoms with E-state index in [4.69, 9.17) is 4.74 Å². The van der Waals surface area contributed by atoms with Crippen molar-refractivity contribution in [3.05, 3.63) is 102 Å². The molecule has 3 aromatic carbocycles. The number of hydrogen-bond donors (Lipinski definition) is 2. The van der Waals surface area contributed by atoms with Gasteiger partial charge in [0.2, 0.25) is 5.91 Å². The Labute approximate surface area is 192 Å².